The van der Waals surface area contributed by atoms with Gasteiger partial charge in [-0.2, -0.15) is 0 Å². The third-order valence-electron chi connectivity index (χ3n) is 5.74. The molecule has 0 aliphatic heterocycles. The highest BCUT2D eigenvalue weighted by Gasteiger charge is 2.17. The first-order valence-corrected chi connectivity index (χ1v) is 10.3. The Balaban J connectivity index is 1.57. The van der Waals surface area contributed by atoms with Gasteiger partial charge in [0.2, 0.25) is 0 Å². The van der Waals surface area contributed by atoms with Gasteiger partial charge in [-0.05, 0) is 48.4 Å². The van der Waals surface area contributed by atoms with E-state index in [2.05, 4.69) is 22.2 Å². The Labute approximate surface area is 184 Å². The number of hydrogen-bond donors (Lipinski definition) is 0. The molecule has 0 spiro atoms. The van der Waals surface area contributed by atoms with Crippen LogP contribution in [-0.4, -0.2) is 31.7 Å². The summed E-state index contributed by atoms with van der Waals surface area (Å²) in [6.45, 7) is 4.04. The van der Waals surface area contributed by atoms with E-state index in [0.29, 0.717) is 5.75 Å². The predicted molar refractivity (Wildman–Crippen MR) is 121 cm³/mol. The molecule has 0 radical (unpaired) electrons. The fraction of sp³-hybridized carbons (Fsp3) is 0.160. The molecule has 2 heterocycles. The first-order chi connectivity index (χ1) is 15.5. The van der Waals surface area contributed by atoms with Gasteiger partial charge < -0.3 is 9.30 Å². The monoisotopic (exact) mass is 427 g/mol. The molecule has 0 aliphatic carbocycles. The average Bonchev–Trinajstić information content (AvgIpc) is 3.45. The minimum atomic E-state index is -0.242. The molecule has 0 saturated heterocycles. The third-order valence-corrected chi connectivity index (χ3v) is 5.74. The van der Waals surface area contributed by atoms with Gasteiger partial charge in [0.15, 0.2) is 0 Å². The van der Waals surface area contributed by atoms with Crippen LogP contribution < -0.4 is 4.74 Å². The van der Waals surface area contributed by atoms with Gasteiger partial charge in [0.25, 0.3) is 0 Å². The van der Waals surface area contributed by atoms with Crippen molar-refractivity contribution in [3.8, 4) is 17.1 Å². The topological polar surface area (TPSA) is 57.8 Å². The number of methoxy groups -OCH3 is 1. The number of benzene rings is 3. The molecule has 0 bridgehead atoms. The second kappa shape index (κ2) is 7.92. The van der Waals surface area contributed by atoms with Gasteiger partial charge in [-0.3, -0.25) is 0 Å². The van der Waals surface area contributed by atoms with Crippen LogP contribution in [0.1, 0.15) is 29.7 Å². The van der Waals surface area contributed by atoms with Gasteiger partial charge in [-0.25, -0.2) is 14.1 Å². The molecule has 5 aromatic rings. The van der Waals surface area contributed by atoms with E-state index in [-0.39, 0.29) is 11.7 Å². The van der Waals surface area contributed by atoms with Crippen molar-refractivity contribution in [2.45, 2.75) is 19.8 Å². The van der Waals surface area contributed by atoms with Gasteiger partial charge in [-0.15, -0.1) is 5.10 Å². The van der Waals surface area contributed by atoms with E-state index in [0.717, 1.165) is 39.2 Å². The largest absolute Gasteiger partial charge is 0.494 e. The molecule has 160 valence electrons. The average molecular weight is 427 g/mol. The van der Waals surface area contributed by atoms with E-state index in [1.54, 1.807) is 13.4 Å². The van der Waals surface area contributed by atoms with Crippen molar-refractivity contribution in [1.29, 1.82) is 0 Å². The molecule has 32 heavy (non-hydrogen) atoms. The molecule has 0 saturated carbocycles. The van der Waals surface area contributed by atoms with Crippen LogP contribution in [0, 0.1) is 12.7 Å². The predicted octanol–water partition coefficient (Wildman–Crippen LogP) is 5.21. The SMILES string of the molecule is COc1cc(-n2nnc3c(C(C)c4ccc(F)cc4)cccc32)ccc1-n1cnc(C)c1. The van der Waals surface area contributed by atoms with Gasteiger partial charge in [0.1, 0.15) is 17.1 Å². The Bertz CT molecular complexity index is 1400. The number of aromatic nitrogens is 5. The molecule has 0 fully saturated rings. The summed E-state index contributed by atoms with van der Waals surface area (Å²) in [5, 5.41) is 8.91. The summed E-state index contributed by atoms with van der Waals surface area (Å²) in [6, 6.07) is 18.5. The number of imidazole rings is 1. The summed E-state index contributed by atoms with van der Waals surface area (Å²) < 4.78 is 22.7. The van der Waals surface area contributed by atoms with Crippen LogP contribution in [0.2, 0.25) is 0 Å². The molecule has 7 heteroatoms. The molecule has 0 amide bonds. The molecule has 5 rings (SSSR count). The number of halogens is 1. The zero-order valence-corrected chi connectivity index (χ0v) is 18.0. The number of aryl methyl sites for hydroxylation is 1. The minimum absolute atomic E-state index is 0.0471. The number of ether oxygens (including phenoxy) is 1. The van der Waals surface area contributed by atoms with Crippen LogP contribution in [0.15, 0.2) is 73.2 Å². The van der Waals surface area contributed by atoms with E-state index >= 15 is 0 Å². The Hall–Kier alpha value is -4.00. The molecule has 0 N–H and O–H groups in total. The van der Waals surface area contributed by atoms with Crippen molar-refractivity contribution < 1.29 is 9.13 Å². The van der Waals surface area contributed by atoms with Crippen LogP contribution in [0.25, 0.3) is 22.4 Å². The Kier molecular flexibility index (Phi) is 4.93. The van der Waals surface area contributed by atoms with Crippen molar-refractivity contribution in [3.63, 3.8) is 0 Å². The van der Waals surface area contributed by atoms with Crippen LogP contribution >= 0.6 is 0 Å². The highest BCUT2D eigenvalue weighted by Crippen LogP contribution is 2.32. The Morgan fingerprint density at radius 1 is 1.03 bits per heavy atom. The normalized spacial score (nSPS) is 12.2. The number of hydrogen-bond acceptors (Lipinski definition) is 4. The maximum atomic E-state index is 13.4. The second-order valence-electron chi connectivity index (χ2n) is 7.77. The van der Waals surface area contributed by atoms with Gasteiger partial charge in [0.05, 0.1) is 36.0 Å². The molecular formula is C25H22FN5O. The van der Waals surface area contributed by atoms with Gasteiger partial charge in [-0.1, -0.05) is 36.4 Å². The van der Waals surface area contributed by atoms with Gasteiger partial charge >= 0.3 is 0 Å². The summed E-state index contributed by atoms with van der Waals surface area (Å²) in [6.07, 6.45) is 3.71. The van der Waals surface area contributed by atoms with Crippen molar-refractivity contribution in [2.24, 2.45) is 0 Å². The summed E-state index contributed by atoms with van der Waals surface area (Å²) in [5.74, 6) is 0.513. The summed E-state index contributed by atoms with van der Waals surface area (Å²) in [4.78, 5) is 4.30. The van der Waals surface area contributed by atoms with E-state index in [9.17, 15) is 4.39 Å². The van der Waals surface area contributed by atoms with Crippen molar-refractivity contribution >= 4 is 11.0 Å². The van der Waals surface area contributed by atoms with Crippen LogP contribution in [0.4, 0.5) is 4.39 Å². The van der Waals surface area contributed by atoms with Crippen molar-refractivity contribution in [3.05, 3.63) is 95.8 Å². The van der Waals surface area contributed by atoms with Crippen LogP contribution in [0.3, 0.4) is 0 Å². The number of rotatable bonds is 5. The second-order valence-corrected chi connectivity index (χ2v) is 7.77. The third kappa shape index (κ3) is 3.41. The minimum Gasteiger partial charge on any atom is -0.494 e. The molecule has 0 aliphatic rings. The first kappa shape index (κ1) is 19.9. The summed E-state index contributed by atoms with van der Waals surface area (Å²) >= 11 is 0. The lowest BCUT2D eigenvalue weighted by Gasteiger charge is -2.13. The van der Waals surface area contributed by atoms with E-state index in [4.69, 9.17) is 4.74 Å². The van der Waals surface area contributed by atoms with Crippen molar-refractivity contribution in [2.75, 3.05) is 7.11 Å². The first-order valence-electron chi connectivity index (χ1n) is 10.3. The highest BCUT2D eigenvalue weighted by atomic mass is 19.1. The quantitative estimate of drug-likeness (QED) is 0.386. The molecule has 2 aromatic heterocycles. The van der Waals surface area contributed by atoms with Crippen molar-refractivity contribution in [1.82, 2.24) is 24.5 Å². The van der Waals surface area contributed by atoms with Crippen LogP contribution in [0.5, 0.6) is 5.75 Å². The molecule has 3 aromatic carbocycles. The van der Waals surface area contributed by atoms with Crippen LogP contribution in [-0.2, 0) is 0 Å². The fourth-order valence-corrected chi connectivity index (χ4v) is 4.00. The standard InChI is InChI=1S/C25H22FN5O/c1-16-14-30(15-27-16)22-12-11-20(13-24(22)32-3)31-23-6-4-5-21(25(23)28-29-31)17(2)18-7-9-19(26)10-8-18/h4-15,17H,1-3H3. The highest BCUT2D eigenvalue weighted by molar-refractivity contribution is 5.81. The van der Waals surface area contributed by atoms with Gasteiger partial charge in [0, 0.05) is 18.2 Å². The molecule has 6 nitrogen and oxygen atoms in total. The zero-order valence-electron chi connectivity index (χ0n) is 18.0. The Morgan fingerprint density at radius 2 is 1.84 bits per heavy atom. The number of nitrogens with zero attached hydrogens (tertiary/aromatic N) is 5. The molecule has 1 atom stereocenters. The maximum absolute atomic E-state index is 13.4. The lowest BCUT2D eigenvalue weighted by molar-refractivity contribution is 0.412. The summed E-state index contributed by atoms with van der Waals surface area (Å²) in [7, 11) is 1.65. The van der Waals surface area contributed by atoms with E-state index in [1.807, 2.05) is 70.9 Å². The summed E-state index contributed by atoms with van der Waals surface area (Å²) in [5.41, 5.74) is 6.44. The molecular weight excluding hydrogens is 405 g/mol. The smallest absolute Gasteiger partial charge is 0.145 e. The zero-order chi connectivity index (χ0) is 22.2. The molecule has 1 unspecified atom stereocenters. The maximum Gasteiger partial charge on any atom is 0.145 e. The van der Waals surface area contributed by atoms with E-state index in [1.165, 1.54) is 12.1 Å². The lowest BCUT2D eigenvalue weighted by atomic mass is 9.92. The lowest BCUT2D eigenvalue weighted by Crippen LogP contribution is -2.01. The van der Waals surface area contributed by atoms with E-state index < -0.39 is 0 Å². The Morgan fingerprint density at radius 3 is 2.56 bits per heavy atom. The fourth-order valence-electron chi connectivity index (χ4n) is 4.00. The number of fused-ring (bicyclic) bond motifs is 1.